The number of pyridine rings is 1. The average molecular weight is 287 g/mol. The van der Waals surface area contributed by atoms with Gasteiger partial charge < -0.3 is 15.0 Å². The molecule has 0 saturated carbocycles. The van der Waals surface area contributed by atoms with Gasteiger partial charge in [0, 0.05) is 37.1 Å². The summed E-state index contributed by atoms with van der Waals surface area (Å²) in [5, 5.41) is 9.77. The number of hydrogen-bond acceptors (Lipinski definition) is 5. The third-order valence-electron chi connectivity index (χ3n) is 3.38. The fraction of sp³-hybridized carbons (Fsp3) is 0.357. The molecule has 0 unspecified atom stereocenters. The molecule has 0 spiro atoms. The number of morpholine rings is 1. The number of nitrogens with zero attached hydrogens (tertiary/aromatic N) is 3. The summed E-state index contributed by atoms with van der Waals surface area (Å²) in [4.78, 5) is 18.2. The second-order valence-corrected chi connectivity index (χ2v) is 5.01. The van der Waals surface area contributed by atoms with E-state index in [9.17, 15) is 4.79 Å². The highest BCUT2D eigenvalue weighted by molar-refractivity contribution is 5.94. The van der Waals surface area contributed by atoms with E-state index in [0.717, 1.165) is 17.8 Å². The van der Waals surface area contributed by atoms with E-state index in [1.165, 1.54) is 0 Å². The number of aromatic nitrogens is 3. The van der Waals surface area contributed by atoms with Crippen molar-refractivity contribution in [3.63, 3.8) is 0 Å². The fourth-order valence-electron chi connectivity index (χ4n) is 2.21. The van der Waals surface area contributed by atoms with Crippen LogP contribution in [0, 0.1) is 0 Å². The summed E-state index contributed by atoms with van der Waals surface area (Å²) in [7, 11) is 1.97. The van der Waals surface area contributed by atoms with E-state index < -0.39 is 6.10 Å². The average Bonchev–Trinajstić information content (AvgIpc) is 2.97. The number of likely N-dealkylation sites (N-methyl/N-ethyl adjacent to an activating group) is 1. The first-order chi connectivity index (χ1) is 10.2. The molecular weight excluding hydrogens is 270 g/mol. The van der Waals surface area contributed by atoms with E-state index in [0.29, 0.717) is 19.0 Å². The Balaban J connectivity index is 1.66. The minimum atomic E-state index is -0.454. The third kappa shape index (κ3) is 3.26. The van der Waals surface area contributed by atoms with Gasteiger partial charge in [-0.3, -0.25) is 14.9 Å². The van der Waals surface area contributed by atoms with Crippen LogP contribution >= 0.6 is 0 Å². The summed E-state index contributed by atoms with van der Waals surface area (Å²) < 4.78 is 5.47. The van der Waals surface area contributed by atoms with Gasteiger partial charge in [0.25, 0.3) is 5.91 Å². The van der Waals surface area contributed by atoms with Gasteiger partial charge in [-0.1, -0.05) is 0 Å². The minimum absolute atomic E-state index is 0.172. The highest BCUT2D eigenvalue weighted by Gasteiger charge is 2.25. The van der Waals surface area contributed by atoms with Crippen LogP contribution in [0.4, 0.5) is 5.82 Å². The molecule has 7 nitrogen and oxygen atoms in total. The quantitative estimate of drug-likeness (QED) is 0.870. The van der Waals surface area contributed by atoms with E-state index in [1.807, 2.05) is 19.2 Å². The molecule has 0 radical (unpaired) electrons. The number of carbonyl (C=O) groups excluding carboxylic acids is 1. The van der Waals surface area contributed by atoms with E-state index in [2.05, 4.69) is 25.4 Å². The maximum atomic E-state index is 12.1. The molecule has 3 rings (SSSR count). The van der Waals surface area contributed by atoms with Gasteiger partial charge in [-0.25, -0.2) is 0 Å². The van der Waals surface area contributed by atoms with Crippen molar-refractivity contribution in [3.8, 4) is 11.3 Å². The minimum Gasteiger partial charge on any atom is -0.366 e. The van der Waals surface area contributed by atoms with Crippen LogP contribution in [0.1, 0.15) is 0 Å². The molecule has 0 aromatic carbocycles. The normalized spacial score (nSPS) is 19.4. The van der Waals surface area contributed by atoms with Crippen molar-refractivity contribution >= 4 is 11.7 Å². The van der Waals surface area contributed by atoms with Crippen molar-refractivity contribution in [2.24, 2.45) is 0 Å². The van der Waals surface area contributed by atoms with Gasteiger partial charge in [0.05, 0.1) is 12.3 Å². The molecule has 2 aromatic heterocycles. The van der Waals surface area contributed by atoms with Crippen LogP contribution < -0.4 is 5.32 Å². The molecule has 2 N–H and O–H groups in total. The van der Waals surface area contributed by atoms with Crippen molar-refractivity contribution in [1.29, 1.82) is 0 Å². The first-order valence-corrected chi connectivity index (χ1v) is 6.79. The van der Waals surface area contributed by atoms with Crippen molar-refractivity contribution in [1.82, 2.24) is 20.1 Å². The lowest BCUT2D eigenvalue weighted by Crippen LogP contribution is -2.46. The SMILES string of the molecule is CN1CCO[C@H](C(=O)Nc2cc(-c3ccncc3)[nH]n2)C1. The van der Waals surface area contributed by atoms with E-state index in [4.69, 9.17) is 4.74 Å². The Hall–Kier alpha value is -2.25. The highest BCUT2D eigenvalue weighted by atomic mass is 16.5. The molecule has 3 heterocycles. The summed E-state index contributed by atoms with van der Waals surface area (Å²) in [5.41, 5.74) is 1.79. The van der Waals surface area contributed by atoms with Crippen LogP contribution in [0.3, 0.4) is 0 Å². The first kappa shape index (κ1) is 13.7. The van der Waals surface area contributed by atoms with Crippen molar-refractivity contribution in [2.45, 2.75) is 6.10 Å². The van der Waals surface area contributed by atoms with E-state index >= 15 is 0 Å². The third-order valence-corrected chi connectivity index (χ3v) is 3.38. The molecule has 1 fully saturated rings. The fourth-order valence-corrected chi connectivity index (χ4v) is 2.21. The van der Waals surface area contributed by atoms with Crippen molar-refractivity contribution < 1.29 is 9.53 Å². The van der Waals surface area contributed by atoms with Gasteiger partial charge in [-0.2, -0.15) is 5.10 Å². The van der Waals surface area contributed by atoms with Crippen LogP contribution in [0.2, 0.25) is 0 Å². The summed E-state index contributed by atoms with van der Waals surface area (Å²) in [5.74, 6) is 0.318. The van der Waals surface area contributed by atoms with Gasteiger partial charge in [-0.05, 0) is 19.2 Å². The van der Waals surface area contributed by atoms with Crippen molar-refractivity contribution in [3.05, 3.63) is 30.6 Å². The summed E-state index contributed by atoms with van der Waals surface area (Å²) in [6.45, 7) is 2.00. The van der Waals surface area contributed by atoms with Crippen LogP contribution in [0.5, 0.6) is 0 Å². The van der Waals surface area contributed by atoms with E-state index in [-0.39, 0.29) is 5.91 Å². The first-order valence-electron chi connectivity index (χ1n) is 6.79. The number of aromatic amines is 1. The number of ether oxygens (including phenoxy) is 1. The lowest BCUT2D eigenvalue weighted by Gasteiger charge is -2.28. The summed E-state index contributed by atoms with van der Waals surface area (Å²) in [6.07, 6.45) is 2.96. The molecule has 1 saturated heterocycles. The van der Waals surface area contributed by atoms with Gasteiger partial charge >= 0.3 is 0 Å². The van der Waals surface area contributed by atoms with Gasteiger partial charge in [-0.15, -0.1) is 0 Å². The Bertz CT molecular complexity index is 613. The zero-order chi connectivity index (χ0) is 14.7. The molecule has 21 heavy (non-hydrogen) atoms. The molecule has 1 aliphatic rings. The topological polar surface area (TPSA) is 83.1 Å². The zero-order valence-electron chi connectivity index (χ0n) is 11.7. The monoisotopic (exact) mass is 287 g/mol. The van der Waals surface area contributed by atoms with Crippen LogP contribution in [-0.2, 0) is 9.53 Å². The Morgan fingerprint density at radius 3 is 3.05 bits per heavy atom. The van der Waals surface area contributed by atoms with Crippen molar-refractivity contribution in [2.75, 3.05) is 32.1 Å². The molecule has 110 valence electrons. The lowest BCUT2D eigenvalue weighted by molar-refractivity contribution is -0.132. The number of H-pyrrole nitrogens is 1. The molecular formula is C14H17N5O2. The smallest absolute Gasteiger partial charge is 0.256 e. The maximum Gasteiger partial charge on any atom is 0.256 e. The standard InChI is InChI=1S/C14H17N5O2/c1-19-6-7-21-12(9-19)14(20)16-13-8-11(17-18-13)10-2-4-15-5-3-10/h2-5,8,12H,6-7,9H2,1H3,(H2,16,17,18,20)/t12-/m0/s1. The van der Waals surface area contributed by atoms with Gasteiger partial charge in [0.2, 0.25) is 0 Å². The molecule has 0 aliphatic carbocycles. The number of rotatable bonds is 3. The Labute approximate surface area is 122 Å². The molecule has 2 aromatic rings. The van der Waals surface area contributed by atoms with Crippen LogP contribution in [0.25, 0.3) is 11.3 Å². The number of carbonyl (C=O) groups is 1. The Kier molecular flexibility index (Phi) is 3.94. The lowest BCUT2D eigenvalue weighted by atomic mass is 10.2. The predicted octanol–water partition coefficient (Wildman–Crippen LogP) is 0.741. The Morgan fingerprint density at radius 1 is 1.48 bits per heavy atom. The largest absolute Gasteiger partial charge is 0.366 e. The van der Waals surface area contributed by atoms with Crippen LogP contribution in [0.15, 0.2) is 30.6 Å². The summed E-state index contributed by atoms with van der Waals surface area (Å²) in [6, 6.07) is 5.54. The molecule has 1 amide bonds. The second-order valence-electron chi connectivity index (χ2n) is 5.01. The zero-order valence-corrected chi connectivity index (χ0v) is 11.7. The number of nitrogens with one attached hydrogen (secondary N) is 2. The molecule has 7 heteroatoms. The maximum absolute atomic E-state index is 12.1. The summed E-state index contributed by atoms with van der Waals surface area (Å²) >= 11 is 0. The van der Waals surface area contributed by atoms with Gasteiger partial charge in [0.1, 0.15) is 6.10 Å². The Morgan fingerprint density at radius 2 is 2.29 bits per heavy atom. The van der Waals surface area contributed by atoms with Gasteiger partial charge in [0.15, 0.2) is 5.82 Å². The molecule has 0 bridgehead atoms. The predicted molar refractivity (Wildman–Crippen MR) is 77.7 cm³/mol. The number of hydrogen-bond donors (Lipinski definition) is 2. The highest BCUT2D eigenvalue weighted by Crippen LogP contribution is 2.18. The molecule has 1 atom stereocenters. The van der Waals surface area contributed by atoms with E-state index in [1.54, 1.807) is 18.5 Å². The molecule has 1 aliphatic heterocycles. The number of amides is 1. The number of anilines is 1. The van der Waals surface area contributed by atoms with Crippen LogP contribution in [-0.4, -0.2) is 58.8 Å². The second kappa shape index (κ2) is 6.02.